The third kappa shape index (κ3) is 1.95. The summed E-state index contributed by atoms with van der Waals surface area (Å²) in [5.41, 5.74) is -1.32. The number of hydrogen-bond donors (Lipinski definition) is 1. The molecule has 5 nitrogen and oxygen atoms in total. The zero-order chi connectivity index (χ0) is 15.0. The fourth-order valence-corrected chi connectivity index (χ4v) is 4.18. The first-order valence-corrected chi connectivity index (χ1v) is 7.42. The van der Waals surface area contributed by atoms with Crippen LogP contribution in [0, 0.1) is 0 Å². The summed E-state index contributed by atoms with van der Waals surface area (Å²) in [7, 11) is 0. The highest BCUT2D eigenvalue weighted by atomic mass is 16.8. The fraction of sp³-hybridized carbons (Fsp3) is 1.00. The molecule has 0 aromatic carbocycles. The maximum absolute atomic E-state index is 10.9. The summed E-state index contributed by atoms with van der Waals surface area (Å²) in [4.78, 5) is 0. The Morgan fingerprint density at radius 2 is 1.55 bits per heavy atom. The summed E-state index contributed by atoms with van der Waals surface area (Å²) in [6.45, 7) is 11.5. The highest BCUT2D eigenvalue weighted by Gasteiger charge is 2.67. The van der Waals surface area contributed by atoms with Crippen molar-refractivity contribution < 1.29 is 24.1 Å². The van der Waals surface area contributed by atoms with E-state index in [0.717, 1.165) is 6.42 Å². The van der Waals surface area contributed by atoms with Crippen LogP contribution in [0.2, 0.25) is 0 Å². The van der Waals surface area contributed by atoms with Gasteiger partial charge in [0.25, 0.3) is 0 Å². The Bertz CT molecular complexity index is 416. The van der Waals surface area contributed by atoms with E-state index in [0.29, 0.717) is 6.42 Å². The predicted octanol–water partition coefficient (Wildman–Crippen LogP) is 1.96. The van der Waals surface area contributed by atoms with E-state index in [1.807, 2.05) is 41.5 Å². The number of hydrogen-bond acceptors (Lipinski definition) is 5. The summed E-state index contributed by atoms with van der Waals surface area (Å²) in [6.07, 6.45) is 0.295. The molecule has 0 aromatic rings. The van der Waals surface area contributed by atoms with Crippen molar-refractivity contribution in [3.05, 3.63) is 0 Å². The van der Waals surface area contributed by atoms with Crippen LogP contribution in [-0.2, 0) is 18.9 Å². The number of ether oxygens (including phenoxy) is 4. The lowest BCUT2D eigenvalue weighted by molar-refractivity contribution is -0.219. The molecule has 1 saturated carbocycles. The van der Waals surface area contributed by atoms with Crippen molar-refractivity contribution in [2.75, 3.05) is 0 Å². The lowest BCUT2D eigenvalue weighted by Crippen LogP contribution is -2.64. The van der Waals surface area contributed by atoms with Crippen molar-refractivity contribution in [3.63, 3.8) is 0 Å². The number of rotatable bonds is 0. The number of fused-ring (bicyclic) bond motifs is 1. The first-order chi connectivity index (χ1) is 8.98. The van der Waals surface area contributed by atoms with E-state index in [1.165, 1.54) is 0 Å². The Morgan fingerprint density at radius 1 is 0.900 bits per heavy atom. The van der Waals surface area contributed by atoms with Crippen molar-refractivity contribution in [1.82, 2.24) is 0 Å². The highest BCUT2D eigenvalue weighted by Crippen LogP contribution is 2.54. The third-order valence-electron chi connectivity index (χ3n) is 4.76. The molecule has 1 aliphatic carbocycles. The summed E-state index contributed by atoms with van der Waals surface area (Å²) in [5, 5.41) is 10.9. The van der Waals surface area contributed by atoms with Gasteiger partial charge in [0.15, 0.2) is 11.6 Å². The van der Waals surface area contributed by atoms with Crippen molar-refractivity contribution in [3.8, 4) is 0 Å². The fourth-order valence-electron chi connectivity index (χ4n) is 4.18. The van der Waals surface area contributed by atoms with Gasteiger partial charge in [0.2, 0.25) is 0 Å². The Morgan fingerprint density at radius 3 is 2.10 bits per heavy atom. The van der Waals surface area contributed by atoms with E-state index >= 15 is 0 Å². The highest BCUT2D eigenvalue weighted by molar-refractivity contribution is 5.14. The lowest BCUT2D eigenvalue weighted by Gasteiger charge is -2.47. The molecule has 4 atom stereocenters. The standard InChI is InChI=1S/C15H26O5/c1-12(2)15(20-14(5,6)19-12)8-7-9-10(11(15)16)18-13(3,4)17-9/h9-11,16H,7-8H2,1-6H3/t9-,10-,11+,15-/m1/s1. The van der Waals surface area contributed by atoms with E-state index in [4.69, 9.17) is 18.9 Å². The predicted molar refractivity (Wildman–Crippen MR) is 72.1 cm³/mol. The molecule has 0 amide bonds. The van der Waals surface area contributed by atoms with Gasteiger partial charge in [0.05, 0.1) is 11.7 Å². The van der Waals surface area contributed by atoms with Crippen LogP contribution in [0.4, 0.5) is 0 Å². The Hall–Kier alpha value is -0.200. The van der Waals surface area contributed by atoms with Crippen molar-refractivity contribution in [1.29, 1.82) is 0 Å². The molecule has 3 fully saturated rings. The van der Waals surface area contributed by atoms with Crippen LogP contribution in [0.3, 0.4) is 0 Å². The average Bonchev–Trinajstić information content (AvgIpc) is 2.64. The van der Waals surface area contributed by atoms with Crippen LogP contribution in [0.25, 0.3) is 0 Å². The van der Waals surface area contributed by atoms with Crippen LogP contribution in [0.15, 0.2) is 0 Å². The van der Waals surface area contributed by atoms with E-state index in [9.17, 15) is 5.11 Å². The Labute approximate surface area is 120 Å². The minimum atomic E-state index is -0.764. The third-order valence-corrected chi connectivity index (χ3v) is 4.76. The van der Waals surface area contributed by atoms with Gasteiger partial charge < -0.3 is 24.1 Å². The summed E-state index contributed by atoms with van der Waals surface area (Å²) in [6, 6.07) is 0. The van der Waals surface area contributed by atoms with Gasteiger partial charge in [-0.3, -0.25) is 0 Å². The molecule has 2 saturated heterocycles. The van der Waals surface area contributed by atoms with E-state index in [1.54, 1.807) is 0 Å². The Kier molecular flexibility index (Phi) is 2.91. The molecule has 0 bridgehead atoms. The molecule has 3 aliphatic rings. The first kappa shape index (κ1) is 14.7. The van der Waals surface area contributed by atoms with Gasteiger partial charge >= 0.3 is 0 Å². The monoisotopic (exact) mass is 286 g/mol. The maximum atomic E-state index is 10.9. The van der Waals surface area contributed by atoms with Gasteiger partial charge in [0, 0.05) is 0 Å². The Balaban J connectivity index is 1.93. The van der Waals surface area contributed by atoms with Gasteiger partial charge in [-0.15, -0.1) is 0 Å². The zero-order valence-corrected chi connectivity index (χ0v) is 13.2. The van der Waals surface area contributed by atoms with Gasteiger partial charge in [-0.05, 0) is 54.4 Å². The molecule has 2 aliphatic heterocycles. The molecule has 20 heavy (non-hydrogen) atoms. The molecule has 0 unspecified atom stereocenters. The molecule has 0 aromatic heterocycles. The van der Waals surface area contributed by atoms with Crippen LogP contribution in [0.5, 0.6) is 0 Å². The molecule has 5 heteroatoms. The second-order valence-electron chi connectivity index (χ2n) is 7.63. The van der Waals surface area contributed by atoms with Gasteiger partial charge in [0.1, 0.15) is 17.8 Å². The van der Waals surface area contributed by atoms with Gasteiger partial charge in [-0.1, -0.05) is 0 Å². The van der Waals surface area contributed by atoms with E-state index < -0.39 is 28.9 Å². The minimum Gasteiger partial charge on any atom is -0.387 e. The average molecular weight is 286 g/mol. The molecular formula is C15H26O5. The smallest absolute Gasteiger partial charge is 0.164 e. The number of aliphatic hydroxyl groups is 1. The van der Waals surface area contributed by atoms with Crippen molar-refractivity contribution in [2.45, 2.75) is 95.5 Å². The zero-order valence-electron chi connectivity index (χ0n) is 13.2. The topological polar surface area (TPSA) is 57.2 Å². The molecule has 1 spiro atoms. The van der Waals surface area contributed by atoms with Gasteiger partial charge in [-0.2, -0.15) is 0 Å². The van der Waals surface area contributed by atoms with E-state index in [2.05, 4.69) is 0 Å². The molecule has 3 rings (SSSR count). The molecule has 1 N–H and O–H groups in total. The van der Waals surface area contributed by atoms with E-state index in [-0.39, 0.29) is 12.2 Å². The first-order valence-electron chi connectivity index (χ1n) is 7.42. The second kappa shape index (κ2) is 3.96. The summed E-state index contributed by atoms with van der Waals surface area (Å²) in [5.74, 6) is -1.35. The SMILES string of the molecule is CC1(C)O[C@@H]2[C@@H](CC[C@@]3(OC(C)(C)OC3(C)C)[C@H]2O)O1. The van der Waals surface area contributed by atoms with Crippen molar-refractivity contribution >= 4 is 0 Å². The molecule has 0 radical (unpaired) electrons. The maximum Gasteiger partial charge on any atom is 0.164 e. The molecule has 2 heterocycles. The van der Waals surface area contributed by atoms with Crippen molar-refractivity contribution in [2.24, 2.45) is 0 Å². The summed E-state index contributed by atoms with van der Waals surface area (Å²) >= 11 is 0. The van der Waals surface area contributed by atoms with Crippen LogP contribution < -0.4 is 0 Å². The molecular weight excluding hydrogens is 260 g/mol. The number of aliphatic hydroxyl groups excluding tert-OH is 1. The lowest BCUT2D eigenvalue weighted by atomic mass is 9.70. The van der Waals surface area contributed by atoms with Gasteiger partial charge in [-0.25, -0.2) is 0 Å². The molecule has 116 valence electrons. The second-order valence-corrected chi connectivity index (χ2v) is 7.63. The minimum absolute atomic E-state index is 0.0752. The quantitative estimate of drug-likeness (QED) is 0.737. The van der Waals surface area contributed by atoms with Crippen LogP contribution in [-0.4, -0.2) is 46.2 Å². The normalized spacial score (nSPS) is 48.5. The summed E-state index contributed by atoms with van der Waals surface area (Å²) < 4.78 is 24.0. The largest absolute Gasteiger partial charge is 0.387 e. The van der Waals surface area contributed by atoms with Crippen LogP contribution >= 0.6 is 0 Å². The van der Waals surface area contributed by atoms with Crippen LogP contribution in [0.1, 0.15) is 54.4 Å².